The van der Waals surface area contributed by atoms with E-state index in [-0.39, 0.29) is 0 Å². The Morgan fingerprint density at radius 3 is 2.11 bits per heavy atom. The van der Waals surface area contributed by atoms with Gasteiger partial charge in [0.1, 0.15) is 11.5 Å². The van der Waals surface area contributed by atoms with Gasteiger partial charge in [-0.15, -0.1) is 0 Å². The molecule has 2 aromatic carbocycles. The molecule has 0 radical (unpaired) electrons. The van der Waals surface area contributed by atoms with E-state index in [0.29, 0.717) is 22.1 Å². The highest BCUT2D eigenvalue weighted by Gasteiger charge is 2.08. The minimum absolute atomic E-state index is 0.523. The minimum Gasteiger partial charge on any atom is -0.497 e. The highest BCUT2D eigenvalue weighted by molar-refractivity contribution is 6.33. The topological polar surface area (TPSA) is 42.2 Å². The molecule has 0 saturated heterocycles. The maximum Gasteiger partial charge on any atom is 0.123 e. The Balaban J connectivity index is 2.55. The number of methoxy groups -OCH3 is 2. The SMILES string of the molecule is COc1cc(OC)cc(-c2ccc(C#N)cc2Cl)c1. The first-order valence-electron chi connectivity index (χ1n) is 5.61. The number of halogens is 1. The van der Waals surface area contributed by atoms with E-state index in [1.165, 1.54) is 0 Å². The summed E-state index contributed by atoms with van der Waals surface area (Å²) in [6, 6.07) is 12.8. The van der Waals surface area contributed by atoms with Gasteiger partial charge in [0.15, 0.2) is 0 Å². The minimum atomic E-state index is 0.523. The lowest BCUT2D eigenvalue weighted by molar-refractivity contribution is 0.394. The van der Waals surface area contributed by atoms with Crippen molar-refractivity contribution in [3.63, 3.8) is 0 Å². The van der Waals surface area contributed by atoms with Gasteiger partial charge in [-0.3, -0.25) is 0 Å². The van der Waals surface area contributed by atoms with Crippen molar-refractivity contribution in [3.8, 4) is 28.7 Å². The van der Waals surface area contributed by atoms with Crippen LogP contribution in [0.25, 0.3) is 11.1 Å². The van der Waals surface area contributed by atoms with Crippen LogP contribution in [0.3, 0.4) is 0 Å². The van der Waals surface area contributed by atoms with Crippen molar-refractivity contribution in [1.82, 2.24) is 0 Å². The molecule has 0 atom stereocenters. The lowest BCUT2D eigenvalue weighted by Crippen LogP contribution is -1.89. The van der Waals surface area contributed by atoms with Gasteiger partial charge in [-0.2, -0.15) is 5.26 Å². The molecule has 0 unspecified atom stereocenters. The van der Waals surface area contributed by atoms with Gasteiger partial charge in [-0.25, -0.2) is 0 Å². The third-order valence-electron chi connectivity index (χ3n) is 2.76. The van der Waals surface area contributed by atoms with E-state index in [9.17, 15) is 0 Å². The van der Waals surface area contributed by atoms with E-state index < -0.39 is 0 Å². The summed E-state index contributed by atoms with van der Waals surface area (Å²) in [5.41, 5.74) is 2.24. The van der Waals surface area contributed by atoms with Crippen molar-refractivity contribution in [2.24, 2.45) is 0 Å². The van der Waals surface area contributed by atoms with Crippen LogP contribution in [0.2, 0.25) is 5.02 Å². The van der Waals surface area contributed by atoms with Gasteiger partial charge in [0.25, 0.3) is 0 Å². The van der Waals surface area contributed by atoms with E-state index in [0.717, 1.165) is 11.1 Å². The number of hydrogen-bond donors (Lipinski definition) is 0. The molecule has 0 fully saturated rings. The molecule has 4 heteroatoms. The van der Waals surface area contributed by atoms with Crippen LogP contribution in [-0.2, 0) is 0 Å². The lowest BCUT2D eigenvalue weighted by atomic mass is 10.0. The first-order valence-corrected chi connectivity index (χ1v) is 5.99. The van der Waals surface area contributed by atoms with Crippen molar-refractivity contribution < 1.29 is 9.47 Å². The molecule has 0 saturated carbocycles. The maximum absolute atomic E-state index is 8.84. The fourth-order valence-corrected chi connectivity index (χ4v) is 2.07. The molecular weight excluding hydrogens is 262 g/mol. The number of ether oxygens (including phenoxy) is 2. The number of hydrogen-bond acceptors (Lipinski definition) is 3. The zero-order valence-corrected chi connectivity index (χ0v) is 11.4. The van der Waals surface area contributed by atoms with Crippen LogP contribution in [0.5, 0.6) is 11.5 Å². The van der Waals surface area contributed by atoms with Gasteiger partial charge in [-0.05, 0) is 29.8 Å². The zero-order valence-electron chi connectivity index (χ0n) is 10.6. The van der Waals surface area contributed by atoms with E-state index in [1.54, 1.807) is 32.4 Å². The molecule has 0 heterocycles. The van der Waals surface area contributed by atoms with Crippen molar-refractivity contribution in [1.29, 1.82) is 5.26 Å². The Bertz CT molecular complexity index is 625. The second-order valence-electron chi connectivity index (χ2n) is 3.91. The molecule has 0 bridgehead atoms. The largest absolute Gasteiger partial charge is 0.497 e. The third-order valence-corrected chi connectivity index (χ3v) is 3.07. The monoisotopic (exact) mass is 273 g/mol. The number of nitrogens with zero attached hydrogens (tertiary/aromatic N) is 1. The van der Waals surface area contributed by atoms with Crippen LogP contribution in [0.1, 0.15) is 5.56 Å². The number of nitriles is 1. The summed E-state index contributed by atoms with van der Waals surface area (Å²) >= 11 is 6.20. The highest BCUT2D eigenvalue weighted by atomic mass is 35.5. The second kappa shape index (κ2) is 5.64. The Hall–Kier alpha value is -2.18. The molecular formula is C15H12ClNO2. The zero-order chi connectivity index (χ0) is 13.8. The average Bonchev–Trinajstić information content (AvgIpc) is 2.46. The maximum atomic E-state index is 8.84. The molecule has 0 aliphatic carbocycles. The Kier molecular flexibility index (Phi) is 3.94. The normalized spacial score (nSPS) is 9.79. The molecule has 0 aromatic heterocycles. The lowest BCUT2D eigenvalue weighted by Gasteiger charge is -2.10. The molecule has 2 aromatic rings. The van der Waals surface area contributed by atoms with Crippen LogP contribution >= 0.6 is 11.6 Å². The summed E-state index contributed by atoms with van der Waals surface area (Å²) < 4.78 is 10.5. The Labute approximate surface area is 117 Å². The molecule has 19 heavy (non-hydrogen) atoms. The molecule has 0 amide bonds. The fourth-order valence-electron chi connectivity index (χ4n) is 1.78. The summed E-state index contributed by atoms with van der Waals surface area (Å²) in [5.74, 6) is 1.38. The van der Waals surface area contributed by atoms with E-state index in [1.807, 2.05) is 18.2 Å². The highest BCUT2D eigenvalue weighted by Crippen LogP contribution is 2.34. The standard InChI is InChI=1S/C15H12ClNO2/c1-18-12-6-11(7-13(8-12)19-2)14-4-3-10(9-17)5-15(14)16/h3-8H,1-2H3. The Morgan fingerprint density at radius 2 is 1.63 bits per heavy atom. The van der Waals surface area contributed by atoms with Crippen LogP contribution in [0, 0.1) is 11.3 Å². The van der Waals surface area contributed by atoms with Gasteiger partial charge < -0.3 is 9.47 Å². The molecule has 2 rings (SSSR count). The summed E-state index contributed by atoms with van der Waals surface area (Å²) in [6.45, 7) is 0. The number of rotatable bonds is 3. The summed E-state index contributed by atoms with van der Waals surface area (Å²) in [5, 5.41) is 9.36. The molecule has 0 spiro atoms. The third kappa shape index (κ3) is 2.81. The van der Waals surface area contributed by atoms with Crippen LogP contribution in [0.4, 0.5) is 0 Å². The fraction of sp³-hybridized carbons (Fsp3) is 0.133. The van der Waals surface area contributed by atoms with E-state index in [4.69, 9.17) is 26.3 Å². The van der Waals surface area contributed by atoms with Crippen molar-refractivity contribution in [3.05, 3.63) is 47.0 Å². The Morgan fingerprint density at radius 1 is 1.00 bits per heavy atom. The summed E-state index contributed by atoms with van der Waals surface area (Å²) in [7, 11) is 3.19. The van der Waals surface area contributed by atoms with Gasteiger partial charge in [0.2, 0.25) is 0 Å². The van der Waals surface area contributed by atoms with Crippen LogP contribution in [0.15, 0.2) is 36.4 Å². The van der Waals surface area contributed by atoms with Crippen LogP contribution in [-0.4, -0.2) is 14.2 Å². The molecule has 3 nitrogen and oxygen atoms in total. The van der Waals surface area contributed by atoms with Gasteiger partial charge in [-0.1, -0.05) is 17.7 Å². The summed E-state index contributed by atoms with van der Waals surface area (Å²) in [4.78, 5) is 0. The second-order valence-corrected chi connectivity index (χ2v) is 4.31. The van der Waals surface area contributed by atoms with Crippen molar-refractivity contribution >= 4 is 11.6 Å². The van der Waals surface area contributed by atoms with E-state index >= 15 is 0 Å². The van der Waals surface area contributed by atoms with Crippen molar-refractivity contribution in [2.45, 2.75) is 0 Å². The van der Waals surface area contributed by atoms with Gasteiger partial charge in [0.05, 0.1) is 25.9 Å². The van der Waals surface area contributed by atoms with Gasteiger partial charge >= 0.3 is 0 Å². The predicted octanol–water partition coefficient (Wildman–Crippen LogP) is 3.90. The average molecular weight is 274 g/mol. The molecule has 0 aliphatic heterocycles. The van der Waals surface area contributed by atoms with Crippen LogP contribution < -0.4 is 9.47 Å². The molecule has 0 N–H and O–H groups in total. The number of benzene rings is 2. The summed E-state index contributed by atoms with van der Waals surface area (Å²) in [6.07, 6.45) is 0. The predicted molar refractivity (Wildman–Crippen MR) is 74.7 cm³/mol. The van der Waals surface area contributed by atoms with E-state index in [2.05, 4.69) is 6.07 Å². The smallest absolute Gasteiger partial charge is 0.123 e. The van der Waals surface area contributed by atoms with Crippen molar-refractivity contribution in [2.75, 3.05) is 14.2 Å². The first kappa shape index (κ1) is 13.3. The first-order chi connectivity index (χ1) is 9.17. The molecule has 96 valence electrons. The van der Waals surface area contributed by atoms with Gasteiger partial charge in [0, 0.05) is 16.7 Å². The quantitative estimate of drug-likeness (QED) is 0.852. The molecule has 0 aliphatic rings.